The van der Waals surface area contributed by atoms with Gasteiger partial charge in [0.25, 0.3) is 0 Å². The third-order valence-electron chi connectivity index (χ3n) is 3.64. The number of aryl methyl sites for hydroxylation is 1. The zero-order chi connectivity index (χ0) is 14.1. The quantitative estimate of drug-likeness (QED) is 0.442. The second-order valence-corrected chi connectivity index (χ2v) is 4.92. The first kappa shape index (κ1) is 19.2. The normalized spacial score (nSPS) is 11.2. The molecule has 0 bridgehead atoms. The van der Waals surface area contributed by atoms with Gasteiger partial charge in [-0.3, -0.25) is 4.99 Å². The van der Waals surface area contributed by atoms with Crippen molar-refractivity contribution >= 4 is 29.9 Å². The molecule has 3 nitrogen and oxygen atoms in total. The van der Waals surface area contributed by atoms with Crippen LogP contribution in [0.3, 0.4) is 0 Å². The molecule has 20 heavy (non-hydrogen) atoms. The Balaban J connectivity index is 0.00000361. The predicted octanol–water partition coefficient (Wildman–Crippen LogP) is 3.71. The number of nitrogens with one attached hydrogen (secondary N) is 2. The van der Waals surface area contributed by atoms with Crippen molar-refractivity contribution < 1.29 is 0 Å². The largest absolute Gasteiger partial charge is 0.356 e. The van der Waals surface area contributed by atoms with E-state index in [1.165, 1.54) is 24.0 Å². The molecule has 0 atom stereocenters. The second kappa shape index (κ2) is 10.9. The first-order valence-corrected chi connectivity index (χ1v) is 7.20. The number of hydrogen-bond acceptors (Lipinski definition) is 1. The number of nitrogens with zero attached hydrogens (tertiary/aromatic N) is 1. The molecule has 2 N–H and O–H groups in total. The lowest BCUT2D eigenvalue weighted by Gasteiger charge is -2.17. The molecule has 4 heteroatoms. The van der Waals surface area contributed by atoms with E-state index in [1.54, 1.807) is 0 Å². The van der Waals surface area contributed by atoms with Gasteiger partial charge in [0.2, 0.25) is 0 Å². The number of hydrogen-bond donors (Lipinski definition) is 2. The highest BCUT2D eigenvalue weighted by Gasteiger charge is 2.05. The Hall–Kier alpha value is -0.780. The lowest BCUT2D eigenvalue weighted by molar-refractivity contribution is 0.481. The van der Waals surface area contributed by atoms with Crippen LogP contribution in [0.1, 0.15) is 37.8 Å². The lowest BCUT2D eigenvalue weighted by atomic mass is 10.0. The molecule has 0 heterocycles. The Morgan fingerprint density at radius 1 is 1.15 bits per heavy atom. The van der Waals surface area contributed by atoms with Crippen molar-refractivity contribution in [2.24, 2.45) is 10.9 Å². The molecule has 0 fully saturated rings. The number of aliphatic imine (C=N–C) groups is 1. The third kappa shape index (κ3) is 6.59. The summed E-state index contributed by atoms with van der Waals surface area (Å²) in [4.78, 5) is 4.27. The molecule has 0 aliphatic carbocycles. The van der Waals surface area contributed by atoms with Crippen LogP contribution in [0.4, 0.5) is 0 Å². The zero-order valence-corrected chi connectivity index (χ0v) is 15.4. The fraction of sp³-hybridized carbons (Fsp3) is 0.562. The molecular weight excluding hydrogens is 361 g/mol. The monoisotopic (exact) mass is 389 g/mol. The van der Waals surface area contributed by atoms with Crippen LogP contribution < -0.4 is 10.6 Å². The van der Waals surface area contributed by atoms with Crippen molar-refractivity contribution in [1.82, 2.24) is 10.6 Å². The molecule has 0 aliphatic heterocycles. The Bertz CT molecular complexity index is 400. The fourth-order valence-electron chi connectivity index (χ4n) is 2.03. The molecule has 0 amide bonds. The highest BCUT2D eigenvalue weighted by Crippen LogP contribution is 2.06. The van der Waals surface area contributed by atoms with Crippen LogP contribution in [0, 0.1) is 12.8 Å². The minimum atomic E-state index is 0. The molecule has 0 radical (unpaired) electrons. The summed E-state index contributed by atoms with van der Waals surface area (Å²) in [5.74, 6) is 1.60. The number of rotatable bonds is 6. The van der Waals surface area contributed by atoms with Gasteiger partial charge in [-0.05, 0) is 24.0 Å². The Kier molecular flexibility index (Phi) is 10.5. The molecule has 1 aromatic rings. The van der Waals surface area contributed by atoms with Crippen LogP contribution >= 0.6 is 24.0 Å². The molecule has 0 saturated heterocycles. The highest BCUT2D eigenvalue weighted by molar-refractivity contribution is 14.0. The van der Waals surface area contributed by atoms with E-state index in [1.807, 2.05) is 7.05 Å². The zero-order valence-electron chi connectivity index (χ0n) is 13.1. The van der Waals surface area contributed by atoms with Crippen LogP contribution in [0.2, 0.25) is 0 Å². The fourth-order valence-corrected chi connectivity index (χ4v) is 2.03. The summed E-state index contributed by atoms with van der Waals surface area (Å²) in [6.45, 7) is 8.41. The minimum absolute atomic E-state index is 0. The number of benzene rings is 1. The van der Waals surface area contributed by atoms with Gasteiger partial charge in [-0.1, -0.05) is 51.0 Å². The van der Waals surface area contributed by atoms with Crippen LogP contribution in [0.25, 0.3) is 0 Å². The summed E-state index contributed by atoms with van der Waals surface area (Å²) in [5, 5.41) is 6.77. The first-order valence-electron chi connectivity index (χ1n) is 7.20. The van der Waals surface area contributed by atoms with Crippen molar-refractivity contribution in [3.63, 3.8) is 0 Å². The standard InChI is InChI=1S/C16H27N3.HI/c1-5-14(6-2)11-18-16(17-4)19-12-15-10-8-7-9-13(15)3;/h7-10,14H,5-6,11-12H2,1-4H3,(H2,17,18,19);1H. The van der Waals surface area contributed by atoms with E-state index >= 15 is 0 Å². The van der Waals surface area contributed by atoms with E-state index in [0.29, 0.717) is 0 Å². The molecule has 1 aromatic carbocycles. The van der Waals surface area contributed by atoms with E-state index in [4.69, 9.17) is 0 Å². The molecule has 0 aromatic heterocycles. The van der Waals surface area contributed by atoms with Crippen molar-refractivity contribution in [1.29, 1.82) is 0 Å². The SMILES string of the molecule is CCC(CC)CNC(=NC)NCc1ccccc1C.I. The second-order valence-electron chi connectivity index (χ2n) is 4.92. The van der Waals surface area contributed by atoms with Gasteiger partial charge in [0.05, 0.1) is 0 Å². The van der Waals surface area contributed by atoms with Crippen LogP contribution in [-0.4, -0.2) is 19.6 Å². The Labute approximate surface area is 140 Å². The van der Waals surface area contributed by atoms with Gasteiger partial charge < -0.3 is 10.6 Å². The Morgan fingerprint density at radius 2 is 1.80 bits per heavy atom. The van der Waals surface area contributed by atoms with E-state index in [0.717, 1.165) is 25.0 Å². The van der Waals surface area contributed by atoms with Gasteiger partial charge >= 0.3 is 0 Å². The molecular formula is C16H28IN3. The predicted molar refractivity (Wildman–Crippen MR) is 98.9 cm³/mol. The van der Waals surface area contributed by atoms with E-state index in [-0.39, 0.29) is 24.0 Å². The van der Waals surface area contributed by atoms with Crippen LogP contribution in [0.15, 0.2) is 29.3 Å². The van der Waals surface area contributed by atoms with Gasteiger partial charge in [0.15, 0.2) is 5.96 Å². The maximum absolute atomic E-state index is 4.27. The number of guanidine groups is 1. The van der Waals surface area contributed by atoms with Crippen molar-refractivity contribution in [2.45, 2.75) is 40.2 Å². The summed E-state index contributed by atoms with van der Waals surface area (Å²) >= 11 is 0. The average molecular weight is 389 g/mol. The van der Waals surface area contributed by atoms with Crippen LogP contribution in [-0.2, 0) is 6.54 Å². The Morgan fingerprint density at radius 3 is 2.35 bits per heavy atom. The summed E-state index contributed by atoms with van der Waals surface area (Å²) in [6.07, 6.45) is 2.41. The maximum Gasteiger partial charge on any atom is 0.191 e. The topological polar surface area (TPSA) is 36.4 Å². The van der Waals surface area contributed by atoms with Gasteiger partial charge in [-0.15, -0.1) is 24.0 Å². The molecule has 0 aliphatic rings. The lowest BCUT2D eigenvalue weighted by Crippen LogP contribution is -2.39. The van der Waals surface area contributed by atoms with Gasteiger partial charge in [0.1, 0.15) is 0 Å². The molecule has 0 spiro atoms. The smallest absolute Gasteiger partial charge is 0.191 e. The average Bonchev–Trinajstić information content (AvgIpc) is 2.44. The summed E-state index contributed by atoms with van der Waals surface area (Å²) in [5.41, 5.74) is 2.62. The minimum Gasteiger partial charge on any atom is -0.356 e. The third-order valence-corrected chi connectivity index (χ3v) is 3.64. The molecule has 1 rings (SSSR count). The van der Waals surface area contributed by atoms with Crippen molar-refractivity contribution in [2.75, 3.05) is 13.6 Å². The van der Waals surface area contributed by atoms with E-state index in [2.05, 4.69) is 60.7 Å². The summed E-state index contributed by atoms with van der Waals surface area (Å²) in [6, 6.07) is 8.43. The van der Waals surface area contributed by atoms with Gasteiger partial charge in [0, 0.05) is 20.1 Å². The highest BCUT2D eigenvalue weighted by atomic mass is 127. The van der Waals surface area contributed by atoms with E-state index in [9.17, 15) is 0 Å². The van der Waals surface area contributed by atoms with Crippen molar-refractivity contribution in [3.8, 4) is 0 Å². The molecule has 0 saturated carbocycles. The molecule has 114 valence electrons. The van der Waals surface area contributed by atoms with Gasteiger partial charge in [-0.2, -0.15) is 0 Å². The van der Waals surface area contributed by atoms with Crippen LogP contribution in [0.5, 0.6) is 0 Å². The summed E-state index contributed by atoms with van der Waals surface area (Å²) in [7, 11) is 1.82. The van der Waals surface area contributed by atoms with Gasteiger partial charge in [-0.25, -0.2) is 0 Å². The van der Waals surface area contributed by atoms with Crippen molar-refractivity contribution in [3.05, 3.63) is 35.4 Å². The molecule has 0 unspecified atom stereocenters. The maximum atomic E-state index is 4.27. The first-order chi connectivity index (χ1) is 9.21. The summed E-state index contributed by atoms with van der Waals surface area (Å²) < 4.78 is 0. The van der Waals surface area contributed by atoms with E-state index < -0.39 is 0 Å². The number of halogens is 1.